The highest BCUT2D eigenvalue weighted by atomic mass is 16.4. The number of carboxylic acids is 1. The van der Waals surface area contributed by atoms with Crippen LogP contribution in [0.3, 0.4) is 0 Å². The molecule has 0 radical (unpaired) electrons. The molecule has 13 heavy (non-hydrogen) atoms. The van der Waals surface area contributed by atoms with E-state index in [0.29, 0.717) is 0 Å². The van der Waals surface area contributed by atoms with Crippen molar-refractivity contribution in [1.82, 2.24) is 4.90 Å². The van der Waals surface area contributed by atoms with Crippen molar-refractivity contribution >= 4 is 5.97 Å². The highest BCUT2D eigenvalue weighted by Gasteiger charge is 2.36. The van der Waals surface area contributed by atoms with Gasteiger partial charge in [0.15, 0.2) is 0 Å². The van der Waals surface area contributed by atoms with Gasteiger partial charge in [0, 0.05) is 0 Å². The van der Waals surface area contributed by atoms with Crippen LogP contribution in [0.1, 0.15) is 19.3 Å². The number of allylic oxidation sites excluding steroid dienone is 1. The zero-order valence-electron chi connectivity index (χ0n) is 7.66. The summed E-state index contributed by atoms with van der Waals surface area (Å²) in [5, 5.41) is 10.3. The molecule has 0 aromatic heterocycles. The zero-order valence-corrected chi connectivity index (χ0v) is 7.66. The number of hydrogen-bond acceptors (Lipinski definition) is 3. The quantitative estimate of drug-likeness (QED) is 0.552. The zero-order chi connectivity index (χ0) is 9.31. The molecule has 0 aromatic rings. The van der Waals surface area contributed by atoms with E-state index in [1.807, 2.05) is 6.08 Å². The Bertz CT molecular complexity index is 226. The standard InChI is InChI=1S/C10H15NO2/c12-9(13)1-2-10-3-6-11(7-4-10)8-5-10/h1-2H,3-8H2,(H,12,13)/p-1/b2-1+. The van der Waals surface area contributed by atoms with E-state index in [2.05, 4.69) is 4.90 Å². The van der Waals surface area contributed by atoms with Crippen molar-refractivity contribution in [3.05, 3.63) is 12.2 Å². The smallest absolute Gasteiger partial charge is 0.0639 e. The van der Waals surface area contributed by atoms with Crippen LogP contribution in [0.5, 0.6) is 0 Å². The summed E-state index contributed by atoms with van der Waals surface area (Å²) in [5.41, 5.74) is 0.175. The average Bonchev–Trinajstić information content (AvgIpc) is 2.18. The second-order valence-electron chi connectivity index (χ2n) is 4.11. The van der Waals surface area contributed by atoms with Crippen molar-refractivity contribution in [2.45, 2.75) is 19.3 Å². The van der Waals surface area contributed by atoms with Crippen molar-refractivity contribution in [3.8, 4) is 0 Å². The van der Waals surface area contributed by atoms with Crippen molar-refractivity contribution in [3.63, 3.8) is 0 Å². The van der Waals surface area contributed by atoms with E-state index in [4.69, 9.17) is 0 Å². The first-order valence-corrected chi connectivity index (χ1v) is 4.83. The van der Waals surface area contributed by atoms with Crippen LogP contribution in [0.15, 0.2) is 12.2 Å². The minimum Gasteiger partial charge on any atom is -0.545 e. The Morgan fingerprint density at radius 3 is 2.23 bits per heavy atom. The van der Waals surface area contributed by atoms with Crippen molar-refractivity contribution in [2.24, 2.45) is 5.41 Å². The van der Waals surface area contributed by atoms with Gasteiger partial charge in [0.25, 0.3) is 0 Å². The van der Waals surface area contributed by atoms with Crippen molar-refractivity contribution in [1.29, 1.82) is 0 Å². The number of carbonyl (C=O) groups is 1. The molecular weight excluding hydrogens is 166 g/mol. The summed E-state index contributed by atoms with van der Waals surface area (Å²) in [7, 11) is 0. The number of aliphatic carboxylic acids is 1. The van der Waals surface area contributed by atoms with Crippen LogP contribution >= 0.6 is 0 Å². The fourth-order valence-electron chi connectivity index (χ4n) is 2.35. The minimum atomic E-state index is -1.07. The second kappa shape index (κ2) is 3.14. The number of fused-ring (bicyclic) bond motifs is 3. The first-order chi connectivity index (χ1) is 6.20. The molecule has 3 aliphatic rings. The first-order valence-electron chi connectivity index (χ1n) is 4.83. The number of hydrogen-bond donors (Lipinski definition) is 0. The molecule has 72 valence electrons. The maximum atomic E-state index is 10.3. The SMILES string of the molecule is O=C([O-])/C=C/C12CCN(CC1)CC2. The van der Waals surface area contributed by atoms with Gasteiger partial charge in [-0.3, -0.25) is 0 Å². The highest BCUT2D eigenvalue weighted by Crippen LogP contribution is 2.40. The van der Waals surface area contributed by atoms with Gasteiger partial charge in [0.1, 0.15) is 0 Å². The van der Waals surface area contributed by atoms with E-state index < -0.39 is 5.97 Å². The molecule has 0 aliphatic carbocycles. The summed E-state index contributed by atoms with van der Waals surface area (Å²) in [6, 6.07) is 0. The van der Waals surface area contributed by atoms with E-state index in [1.165, 1.54) is 6.08 Å². The third-order valence-electron chi connectivity index (χ3n) is 3.35. The Balaban J connectivity index is 2.06. The number of carboxylic acid groups (broad SMARTS) is 1. The van der Waals surface area contributed by atoms with Crippen LogP contribution < -0.4 is 5.11 Å². The van der Waals surface area contributed by atoms with Gasteiger partial charge >= 0.3 is 0 Å². The second-order valence-corrected chi connectivity index (χ2v) is 4.11. The molecular formula is C10H14NO2-. The normalized spacial score (nSPS) is 38.3. The summed E-state index contributed by atoms with van der Waals surface area (Å²) >= 11 is 0. The van der Waals surface area contributed by atoms with Crippen LogP contribution in [0.2, 0.25) is 0 Å². The lowest BCUT2D eigenvalue weighted by Gasteiger charge is -2.47. The molecule has 0 aromatic carbocycles. The lowest BCUT2D eigenvalue weighted by molar-refractivity contribution is -0.297. The highest BCUT2D eigenvalue weighted by molar-refractivity contribution is 5.77. The van der Waals surface area contributed by atoms with Crippen LogP contribution in [-0.4, -0.2) is 30.5 Å². The van der Waals surface area contributed by atoms with E-state index >= 15 is 0 Å². The summed E-state index contributed by atoms with van der Waals surface area (Å²) in [4.78, 5) is 12.7. The van der Waals surface area contributed by atoms with Gasteiger partial charge in [0.2, 0.25) is 0 Å². The molecule has 3 aliphatic heterocycles. The Labute approximate surface area is 78.0 Å². The molecule has 3 heteroatoms. The third kappa shape index (κ3) is 1.75. The average molecular weight is 180 g/mol. The molecule has 0 spiro atoms. The lowest BCUT2D eigenvalue weighted by atomic mass is 9.72. The Kier molecular flexibility index (Phi) is 2.12. The van der Waals surface area contributed by atoms with Gasteiger partial charge in [-0.15, -0.1) is 0 Å². The predicted octanol–water partition coefficient (Wildman–Crippen LogP) is -0.222. The van der Waals surface area contributed by atoms with Gasteiger partial charge in [-0.2, -0.15) is 0 Å². The maximum absolute atomic E-state index is 10.3. The molecule has 0 unspecified atom stereocenters. The predicted molar refractivity (Wildman–Crippen MR) is 46.9 cm³/mol. The van der Waals surface area contributed by atoms with Gasteiger partial charge in [-0.05, 0) is 50.4 Å². The van der Waals surface area contributed by atoms with Gasteiger partial charge in [-0.25, -0.2) is 0 Å². The van der Waals surface area contributed by atoms with Gasteiger partial charge < -0.3 is 14.8 Å². The fraction of sp³-hybridized carbons (Fsp3) is 0.700. The number of nitrogens with zero attached hydrogens (tertiary/aromatic N) is 1. The molecule has 3 heterocycles. The molecule has 2 bridgehead atoms. The summed E-state index contributed by atoms with van der Waals surface area (Å²) in [6.45, 7) is 3.37. The van der Waals surface area contributed by atoms with Gasteiger partial charge in [0.05, 0.1) is 5.97 Å². The summed E-state index contributed by atoms with van der Waals surface area (Å²) in [6.07, 6.45) is 6.39. The van der Waals surface area contributed by atoms with Crippen molar-refractivity contribution < 1.29 is 9.90 Å². The number of carbonyl (C=O) groups excluding carboxylic acids is 1. The van der Waals surface area contributed by atoms with Gasteiger partial charge in [-0.1, -0.05) is 6.08 Å². The van der Waals surface area contributed by atoms with E-state index in [1.54, 1.807) is 0 Å². The minimum absolute atomic E-state index is 0.175. The molecule has 3 nitrogen and oxygen atoms in total. The molecule has 3 saturated heterocycles. The lowest BCUT2D eigenvalue weighted by Crippen LogP contribution is -2.47. The van der Waals surface area contributed by atoms with Crippen molar-refractivity contribution in [2.75, 3.05) is 19.6 Å². The van der Waals surface area contributed by atoms with Crippen LogP contribution in [0.4, 0.5) is 0 Å². The van der Waals surface area contributed by atoms with Crippen LogP contribution in [0.25, 0.3) is 0 Å². The van der Waals surface area contributed by atoms with E-state index in [-0.39, 0.29) is 5.41 Å². The molecule has 3 rings (SSSR count). The molecule has 0 amide bonds. The van der Waals surface area contributed by atoms with Crippen LogP contribution in [0, 0.1) is 5.41 Å². The fourth-order valence-corrected chi connectivity index (χ4v) is 2.35. The third-order valence-corrected chi connectivity index (χ3v) is 3.35. The Morgan fingerprint density at radius 2 is 1.77 bits per heavy atom. The number of rotatable bonds is 2. The van der Waals surface area contributed by atoms with Crippen LogP contribution in [-0.2, 0) is 4.79 Å². The largest absolute Gasteiger partial charge is 0.545 e. The Morgan fingerprint density at radius 1 is 1.23 bits per heavy atom. The topological polar surface area (TPSA) is 43.4 Å². The summed E-state index contributed by atoms with van der Waals surface area (Å²) in [5.74, 6) is -1.07. The van der Waals surface area contributed by atoms with E-state index in [9.17, 15) is 9.90 Å². The number of piperidine rings is 3. The Hall–Kier alpha value is -0.830. The maximum Gasteiger partial charge on any atom is 0.0639 e. The first kappa shape index (κ1) is 8.75. The molecule has 0 saturated carbocycles. The summed E-state index contributed by atoms with van der Waals surface area (Å²) < 4.78 is 0. The molecule has 0 atom stereocenters. The van der Waals surface area contributed by atoms with E-state index in [0.717, 1.165) is 38.9 Å². The molecule has 3 fully saturated rings. The molecule has 0 N–H and O–H groups in total. The monoisotopic (exact) mass is 180 g/mol.